The molecule has 2 aromatic rings. The molecule has 0 saturated carbocycles. The maximum absolute atomic E-state index is 12.2. The lowest BCUT2D eigenvalue weighted by Crippen LogP contribution is -2.34. The van der Waals surface area contributed by atoms with Crippen LogP contribution in [0, 0.1) is 0 Å². The zero-order chi connectivity index (χ0) is 14.7. The molecule has 1 aromatic carbocycles. The molecule has 0 aliphatic carbocycles. The molecule has 2 heterocycles. The molecule has 5 nitrogen and oxygen atoms in total. The quantitative estimate of drug-likeness (QED) is 0.897. The van der Waals surface area contributed by atoms with Crippen LogP contribution < -0.4 is 10.9 Å². The van der Waals surface area contributed by atoms with Crippen LogP contribution in [0.1, 0.15) is 25.0 Å². The van der Waals surface area contributed by atoms with Crippen molar-refractivity contribution in [3.8, 4) is 0 Å². The van der Waals surface area contributed by atoms with Crippen LogP contribution in [0.5, 0.6) is 0 Å². The highest BCUT2D eigenvalue weighted by molar-refractivity contribution is 5.73. The van der Waals surface area contributed by atoms with Crippen LogP contribution in [0.3, 0.4) is 0 Å². The van der Waals surface area contributed by atoms with Gasteiger partial charge in [0.25, 0.3) is 5.56 Å². The Labute approximate surface area is 124 Å². The fourth-order valence-electron chi connectivity index (χ4n) is 2.98. The molecule has 1 saturated heterocycles. The van der Waals surface area contributed by atoms with Crippen molar-refractivity contribution in [3.05, 3.63) is 40.3 Å². The van der Waals surface area contributed by atoms with E-state index in [0.717, 1.165) is 30.5 Å². The first kappa shape index (κ1) is 14.2. The Bertz CT molecular complexity index is 659. The lowest BCUT2D eigenvalue weighted by molar-refractivity contribution is 0.213. The van der Waals surface area contributed by atoms with E-state index >= 15 is 0 Å². The molecular weight excluding hydrogens is 264 g/mol. The minimum absolute atomic E-state index is 0.0766. The van der Waals surface area contributed by atoms with E-state index in [9.17, 15) is 4.79 Å². The first-order valence-corrected chi connectivity index (χ1v) is 7.63. The van der Waals surface area contributed by atoms with E-state index in [1.807, 2.05) is 24.3 Å². The van der Waals surface area contributed by atoms with E-state index < -0.39 is 0 Å². The predicted molar refractivity (Wildman–Crippen MR) is 84.3 cm³/mol. The van der Waals surface area contributed by atoms with Crippen LogP contribution in [-0.4, -0.2) is 41.0 Å². The van der Waals surface area contributed by atoms with Gasteiger partial charge in [-0.15, -0.1) is 0 Å². The van der Waals surface area contributed by atoms with Crippen molar-refractivity contribution in [3.63, 3.8) is 0 Å². The minimum atomic E-state index is -0.0766. The summed E-state index contributed by atoms with van der Waals surface area (Å²) in [5, 5.41) is 3.42. The smallest absolute Gasteiger partial charge is 0.271 e. The molecule has 1 atom stereocenters. The highest BCUT2D eigenvalue weighted by atomic mass is 16.1. The number of hydrogen-bond acceptors (Lipinski definition) is 4. The van der Waals surface area contributed by atoms with Gasteiger partial charge in [0.2, 0.25) is 0 Å². The van der Waals surface area contributed by atoms with E-state index in [0.29, 0.717) is 18.3 Å². The number of rotatable bonds is 3. The van der Waals surface area contributed by atoms with Crippen LogP contribution in [0.25, 0.3) is 11.0 Å². The summed E-state index contributed by atoms with van der Waals surface area (Å²) in [7, 11) is 2.09. The van der Waals surface area contributed by atoms with Crippen LogP contribution in [0.4, 0.5) is 0 Å². The molecule has 0 bridgehead atoms. The Morgan fingerprint density at radius 1 is 1.29 bits per heavy atom. The molecule has 1 aromatic heterocycles. The monoisotopic (exact) mass is 286 g/mol. The summed E-state index contributed by atoms with van der Waals surface area (Å²) in [5.41, 5.74) is 2.18. The Morgan fingerprint density at radius 3 is 3.05 bits per heavy atom. The number of H-pyrrole nitrogens is 1. The lowest BCUT2D eigenvalue weighted by atomic mass is 10.1. The Hall–Kier alpha value is -1.72. The molecule has 5 heteroatoms. The molecular formula is C16H22N4O. The maximum atomic E-state index is 12.2. The van der Waals surface area contributed by atoms with Gasteiger partial charge >= 0.3 is 0 Å². The second-order valence-corrected chi connectivity index (χ2v) is 5.78. The molecule has 112 valence electrons. The van der Waals surface area contributed by atoms with E-state index in [2.05, 4.69) is 27.2 Å². The Kier molecular flexibility index (Phi) is 4.31. The van der Waals surface area contributed by atoms with Crippen molar-refractivity contribution in [2.75, 3.05) is 20.1 Å². The molecule has 1 aliphatic heterocycles. The standard InChI is InChI=1S/C16H22N4O/c1-20(12-5-4-9-17-10-8-12)11-15-16(21)19-14-7-3-2-6-13(14)18-15/h2-3,6-7,12,17H,4-5,8-11H2,1H3,(H,19,21). The summed E-state index contributed by atoms with van der Waals surface area (Å²) in [6.45, 7) is 2.75. The SMILES string of the molecule is CN(Cc1nc2ccccc2[nH]c1=O)C1CCCNCC1. The average Bonchev–Trinajstić information content (AvgIpc) is 2.77. The van der Waals surface area contributed by atoms with Gasteiger partial charge in [0.05, 0.1) is 11.0 Å². The van der Waals surface area contributed by atoms with Gasteiger partial charge in [-0.25, -0.2) is 4.98 Å². The molecule has 1 aliphatic rings. The Morgan fingerprint density at radius 2 is 2.14 bits per heavy atom. The van der Waals surface area contributed by atoms with E-state index in [4.69, 9.17) is 0 Å². The van der Waals surface area contributed by atoms with Crippen LogP contribution in [-0.2, 0) is 6.54 Å². The number of fused-ring (bicyclic) bond motifs is 1. The van der Waals surface area contributed by atoms with Gasteiger partial charge in [0, 0.05) is 12.6 Å². The number of hydrogen-bond donors (Lipinski definition) is 2. The maximum Gasteiger partial charge on any atom is 0.271 e. The molecule has 0 radical (unpaired) electrons. The zero-order valence-electron chi connectivity index (χ0n) is 12.4. The summed E-state index contributed by atoms with van der Waals surface area (Å²) < 4.78 is 0. The Balaban J connectivity index is 1.80. The van der Waals surface area contributed by atoms with Gasteiger partial charge in [-0.3, -0.25) is 9.69 Å². The third kappa shape index (κ3) is 3.31. The topological polar surface area (TPSA) is 61.0 Å². The summed E-state index contributed by atoms with van der Waals surface area (Å²) in [6.07, 6.45) is 3.49. The van der Waals surface area contributed by atoms with Crippen molar-refractivity contribution < 1.29 is 0 Å². The number of benzene rings is 1. The van der Waals surface area contributed by atoms with Crippen LogP contribution in [0.15, 0.2) is 29.1 Å². The molecule has 21 heavy (non-hydrogen) atoms. The number of para-hydroxylation sites is 2. The summed E-state index contributed by atoms with van der Waals surface area (Å²) >= 11 is 0. The largest absolute Gasteiger partial charge is 0.319 e. The normalized spacial score (nSPS) is 19.8. The number of aromatic amines is 1. The van der Waals surface area contributed by atoms with Crippen molar-refractivity contribution in [1.29, 1.82) is 0 Å². The lowest BCUT2D eigenvalue weighted by Gasteiger charge is -2.26. The molecule has 3 rings (SSSR count). The van der Waals surface area contributed by atoms with Crippen molar-refractivity contribution >= 4 is 11.0 Å². The van der Waals surface area contributed by atoms with E-state index in [-0.39, 0.29) is 5.56 Å². The highest BCUT2D eigenvalue weighted by Gasteiger charge is 2.18. The molecule has 1 fully saturated rings. The number of nitrogens with zero attached hydrogens (tertiary/aromatic N) is 2. The van der Waals surface area contributed by atoms with Crippen LogP contribution >= 0.6 is 0 Å². The number of nitrogens with one attached hydrogen (secondary N) is 2. The van der Waals surface area contributed by atoms with Crippen molar-refractivity contribution in [2.24, 2.45) is 0 Å². The van der Waals surface area contributed by atoms with Crippen molar-refractivity contribution in [1.82, 2.24) is 20.2 Å². The second-order valence-electron chi connectivity index (χ2n) is 5.78. The van der Waals surface area contributed by atoms with Crippen molar-refractivity contribution in [2.45, 2.75) is 31.8 Å². The fourth-order valence-corrected chi connectivity index (χ4v) is 2.98. The summed E-state index contributed by atoms with van der Waals surface area (Å²) in [4.78, 5) is 21.9. The molecule has 1 unspecified atom stereocenters. The average molecular weight is 286 g/mol. The zero-order valence-corrected chi connectivity index (χ0v) is 12.4. The van der Waals surface area contributed by atoms with Gasteiger partial charge in [-0.2, -0.15) is 0 Å². The van der Waals surface area contributed by atoms with E-state index in [1.165, 1.54) is 12.8 Å². The number of aromatic nitrogens is 2. The van der Waals surface area contributed by atoms with Gasteiger partial charge in [-0.1, -0.05) is 12.1 Å². The van der Waals surface area contributed by atoms with Gasteiger partial charge < -0.3 is 10.3 Å². The summed E-state index contributed by atoms with van der Waals surface area (Å²) in [5.74, 6) is 0. The van der Waals surface area contributed by atoms with Gasteiger partial charge in [-0.05, 0) is 51.5 Å². The molecule has 0 spiro atoms. The third-order valence-corrected chi connectivity index (χ3v) is 4.24. The second kappa shape index (κ2) is 6.37. The van der Waals surface area contributed by atoms with Crippen LogP contribution in [0.2, 0.25) is 0 Å². The predicted octanol–water partition coefficient (Wildman–Crippen LogP) is 1.50. The first-order chi connectivity index (χ1) is 10.2. The molecule has 2 N–H and O–H groups in total. The molecule has 0 amide bonds. The minimum Gasteiger partial charge on any atom is -0.319 e. The highest BCUT2D eigenvalue weighted by Crippen LogP contribution is 2.14. The van der Waals surface area contributed by atoms with Gasteiger partial charge in [0.1, 0.15) is 5.69 Å². The first-order valence-electron chi connectivity index (χ1n) is 7.63. The van der Waals surface area contributed by atoms with Gasteiger partial charge in [0.15, 0.2) is 0 Å². The van der Waals surface area contributed by atoms with E-state index in [1.54, 1.807) is 0 Å². The summed E-state index contributed by atoms with van der Waals surface area (Å²) in [6, 6.07) is 8.19. The third-order valence-electron chi connectivity index (χ3n) is 4.24. The fraction of sp³-hybridized carbons (Fsp3) is 0.500.